The van der Waals surface area contributed by atoms with Gasteiger partial charge >= 0.3 is 0 Å². The average molecular weight is 453 g/mol. The van der Waals surface area contributed by atoms with E-state index in [-0.39, 0.29) is 11.4 Å². The summed E-state index contributed by atoms with van der Waals surface area (Å²) in [7, 11) is -4.07. The molecule has 158 valence electrons. The van der Waals surface area contributed by atoms with Crippen LogP contribution >= 0.6 is 11.6 Å². The maximum Gasteiger partial charge on any atom is 0.270 e. The minimum absolute atomic E-state index is 0.0881. The van der Waals surface area contributed by atoms with Gasteiger partial charge in [0.25, 0.3) is 10.0 Å². The number of benzene rings is 3. The first-order valence-electron chi connectivity index (χ1n) is 9.72. The third-order valence-electron chi connectivity index (χ3n) is 5.33. The molecule has 0 atom stereocenters. The quantitative estimate of drug-likeness (QED) is 0.535. The van der Waals surface area contributed by atoms with Gasteiger partial charge in [0.15, 0.2) is 4.91 Å². The fourth-order valence-corrected chi connectivity index (χ4v) is 5.08. The monoisotopic (exact) mass is 452 g/mol. The third kappa shape index (κ3) is 4.09. The molecule has 0 saturated heterocycles. The zero-order valence-corrected chi connectivity index (χ0v) is 18.7. The lowest BCUT2D eigenvalue weighted by molar-refractivity contribution is 0.104. The smallest absolute Gasteiger partial charge is 0.270 e. The standard InChI is InChI=1S/C24H21ClN2O3S/c1-16-7-12-20(13-17(16)2)26-14-23-24(28)21-5-3-4-6-22(21)27(31(23,29)30)15-18-8-10-19(25)11-9-18/h3-14,26H,15H2,1-2H3. The van der Waals surface area contributed by atoms with Crippen molar-refractivity contribution >= 4 is 38.8 Å². The first kappa shape index (κ1) is 21.2. The predicted octanol–water partition coefficient (Wildman–Crippen LogP) is 5.44. The van der Waals surface area contributed by atoms with Gasteiger partial charge in [-0.2, -0.15) is 0 Å². The first-order valence-corrected chi connectivity index (χ1v) is 11.5. The topological polar surface area (TPSA) is 66.5 Å². The summed E-state index contributed by atoms with van der Waals surface area (Å²) in [5.74, 6) is -0.528. The van der Waals surface area contributed by atoms with Crippen LogP contribution in [0.3, 0.4) is 0 Å². The fourth-order valence-electron chi connectivity index (χ4n) is 3.43. The Labute approximate surface area is 187 Å². The van der Waals surface area contributed by atoms with E-state index in [0.29, 0.717) is 22.0 Å². The Morgan fingerprint density at radius 2 is 1.68 bits per heavy atom. The van der Waals surface area contributed by atoms with Gasteiger partial charge in [-0.1, -0.05) is 41.9 Å². The minimum Gasteiger partial charge on any atom is -0.360 e. The van der Waals surface area contributed by atoms with E-state index in [1.54, 1.807) is 48.5 Å². The van der Waals surface area contributed by atoms with Crippen molar-refractivity contribution in [3.8, 4) is 0 Å². The molecule has 0 unspecified atom stereocenters. The lowest BCUT2D eigenvalue weighted by Crippen LogP contribution is -2.39. The molecule has 3 aromatic carbocycles. The van der Waals surface area contributed by atoms with Gasteiger partial charge < -0.3 is 5.32 Å². The molecule has 0 radical (unpaired) electrons. The van der Waals surface area contributed by atoms with E-state index in [1.165, 1.54) is 10.5 Å². The number of nitrogens with zero attached hydrogens (tertiary/aromatic N) is 1. The van der Waals surface area contributed by atoms with Crippen molar-refractivity contribution in [2.45, 2.75) is 20.4 Å². The van der Waals surface area contributed by atoms with Crippen LogP contribution in [0.15, 0.2) is 77.8 Å². The fraction of sp³-hybridized carbons (Fsp3) is 0.125. The van der Waals surface area contributed by atoms with E-state index >= 15 is 0 Å². The first-order chi connectivity index (χ1) is 14.8. The summed E-state index contributed by atoms with van der Waals surface area (Å²) >= 11 is 5.96. The summed E-state index contributed by atoms with van der Waals surface area (Å²) in [5.41, 5.74) is 4.38. The summed E-state index contributed by atoms with van der Waals surface area (Å²) < 4.78 is 28.2. The lowest BCUT2D eigenvalue weighted by Gasteiger charge is -2.31. The molecule has 1 aliphatic rings. The van der Waals surface area contributed by atoms with Crippen LogP contribution in [0.4, 0.5) is 11.4 Å². The number of aryl methyl sites for hydroxylation is 2. The highest BCUT2D eigenvalue weighted by Gasteiger charge is 2.40. The maximum absolute atomic E-state index is 13.5. The van der Waals surface area contributed by atoms with Crippen molar-refractivity contribution in [2.24, 2.45) is 0 Å². The SMILES string of the molecule is Cc1ccc(NC=C2C(=O)c3ccccc3N(Cc3ccc(Cl)cc3)S2(=O)=O)cc1C. The molecule has 5 nitrogen and oxygen atoms in total. The van der Waals surface area contributed by atoms with E-state index in [1.807, 2.05) is 32.0 Å². The number of carbonyl (C=O) groups is 1. The molecule has 3 aromatic rings. The van der Waals surface area contributed by atoms with E-state index in [4.69, 9.17) is 11.6 Å². The summed E-state index contributed by atoms with van der Waals surface area (Å²) in [6.45, 7) is 4.06. The number of halogens is 1. The van der Waals surface area contributed by atoms with Crippen molar-refractivity contribution < 1.29 is 13.2 Å². The second-order valence-corrected chi connectivity index (χ2v) is 9.70. The van der Waals surface area contributed by atoms with E-state index in [0.717, 1.165) is 16.7 Å². The Bertz CT molecular complexity index is 1300. The molecule has 7 heteroatoms. The second-order valence-electron chi connectivity index (χ2n) is 7.44. The number of hydrogen-bond acceptors (Lipinski definition) is 4. The van der Waals surface area contributed by atoms with Crippen LogP contribution in [0, 0.1) is 13.8 Å². The largest absolute Gasteiger partial charge is 0.360 e. The third-order valence-corrected chi connectivity index (χ3v) is 7.34. The Balaban J connectivity index is 1.76. The van der Waals surface area contributed by atoms with Gasteiger partial charge in [0.2, 0.25) is 5.78 Å². The maximum atomic E-state index is 13.5. The van der Waals surface area contributed by atoms with Crippen molar-refractivity contribution in [1.82, 2.24) is 0 Å². The zero-order chi connectivity index (χ0) is 22.2. The second kappa shape index (κ2) is 8.21. The molecule has 0 saturated carbocycles. The Hall–Kier alpha value is -3.09. The van der Waals surface area contributed by atoms with E-state index in [2.05, 4.69) is 5.32 Å². The molecule has 4 rings (SSSR count). The molecule has 0 aliphatic carbocycles. The van der Waals surface area contributed by atoms with Crippen LogP contribution in [-0.4, -0.2) is 14.2 Å². The van der Waals surface area contributed by atoms with Gasteiger partial charge in [-0.25, -0.2) is 8.42 Å². The summed E-state index contributed by atoms with van der Waals surface area (Å²) in [6, 6.07) is 19.4. The number of ketones is 1. The number of Topliss-reactive ketones (excluding diaryl/α,β-unsaturated/α-hetero) is 1. The van der Waals surface area contributed by atoms with Crippen molar-refractivity contribution in [3.05, 3.63) is 105 Å². The Kier molecular flexibility index (Phi) is 5.60. The number of allylic oxidation sites excluding steroid dienone is 1. The number of anilines is 2. The molecule has 0 spiro atoms. The lowest BCUT2D eigenvalue weighted by atomic mass is 10.1. The number of carbonyl (C=O) groups excluding carboxylic acids is 1. The number of rotatable bonds is 4. The Morgan fingerprint density at radius 1 is 0.968 bits per heavy atom. The molecule has 1 heterocycles. The normalized spacial score (nSPS) is 16.3. The summed E-state index contributed by atoms with van der Waals surface area (Å²) in [6.07, 6.45) is 1.28. The van der Waals surface area contributed by atoms with Gasteiger partial charge in [0.1, 0.15) is 0 Å². The number of hydrogen-bond donors (Lipinski definition) is 1. The van der Waals surface area contributed by atoms with Crippen LogP contribution in [0.2, 0.25) is 5.02 Å². The van der Waals surface area contributed by atoms with Crippen LogP contribution < -0.4 is 9.62 Å². The summed E-state index contributed by atoms with van der Waals surface area (Å²) in [5, 5.41) is 3.55. The summed E-state index contributed by atoms with van der Waals surface area (Å²) in [4.78, 5) is 12.8. The zero-order valence-electron chi connectivity index (χ0n) is 17.1. The number of para-hydroxylation sites is 1. The van der Waals surface area contributed by atoms with Crippen LogP contribution in [0.25, 0.3) is 0 Å². The van der Waals surface area contributed by atoms with Crippen molar-refractivity contribution in [1.29, 1.82) is 0 Å². The average Bonchev–Trinajstić information content (AvgIpc) is 2.75. The highest BCUT2D eigenvalue weighted by Crippen LogP contribution is 2.36. The molecule has 1 aliphatic heterocycles. The molecular formula is C24H21ClN2O3S. The molecule has 0 aromatic heterocycles. The molecule has 0 amide bonds. The van der Waals surface area contributed by atoms with Gasteiger partial charge in [-0.15, -0.1) is 0 Å². The molecule has 0 bridgehead atoms. The molecule has 0 fully saturated rings. The highest BCUT2D eigenvalue weighted by atomic mass is 35.5. The molecular weight excluding hydrogens is 432 g/mol. The van der Waals surface area contributed by atoms with Gasteiger partial charge in [-0.05, 0) is 66.9 Å². The van der Waals surface area contributed by atoms with E-state index < -0.39 is 15.8 Å². The highest BCUT2D eigenvalue weighted by molar-refractivity contribution is 7.97. The van der Waals surface area contributed by atoms with Crippen LogP contribution in [-0.2, 0) is 16.6 Å². The van der Waals surface area contributed by atoms with Crippen LogP contribution in [0.5, 0.6) is 0 Å². The van der Waals surface area contributed by atoms with Crippen molar-refractivity contribution in [2.75, 3.05) is 9.62 Å². The van der Waals surface area contributed by atoms with Gasteiger partial charge in [0.05, 0.1) is 12.2 Å². The number of nitrogens with one attached hydrogen (secondary N) is 1. The van der Waals surface area contributed by atoms with Gasteiger partial charge in [0, 0.05) is 22.5 Å². The number of sulfonamides is 1. The molecule has 1 N–H and O–H groups in total. The van der Waals surface area contributed by atoms with Crippen LogP contribution in [0.1, 0.15) is 27.0 Å². The minimum atomic E-state index is -4.07. The predicted molar refractivity (Wildman–Crippen MR) is 125 cm³/mol. The van der Waals surface area contributed by atoms with Gasteiger partial charge in [-0.3, -0.25) is 9.10 Å². The molecule has 31 heavy (non-hydrogen) atoms. The van der Waals surface area contributed by atoms with Crippen molar-refractivity contribution in [3.63, 3.8) is 0 Å². The number of fused-ring (bicyclic) bond motifs is 1. The van der Waals surface area contributed by atoms with E-state index in [9.17, 15) is 13.2 Å². The Morgan fingerprint density at radius 3 is 2.39 bits per heavy atom.